The summed E-state index contributed by atoms with van der Waals surface area (Å²) in [6, 6.07) is 15.7. The topological polar surface area (TPSA) is 51.0 Å². The van der Waals surface area contributed by atoms with Crippen molar-refractivity contribution in [2.45, 2.75) is 26.2 Å². The van der Waals surface area contributed by atoms with E-state index in [1.54, 1.807) is 12.4 Å². The fourth-order valence-electron chi connectivity index (χ4n) is 2.91. The smallest absolute Gasteiger partial charge is 0.228 e. The Morgan fingerprint density at radius 1 is 0.926 bits per heavy atom. The van der Waals surface area contributed by atoms with Gasteiger partial charge in [-0.05, 0) is 23.6 Å². The van der Waals surface area contributed by atoms with Crippen LogP contribution in [0, 0.1) is 0 Å². The van der Waals surface area contributed by atoms with Gasteiger partial charge in [0.2, 0.25) is 5.89 Å². The summed E-state index contributed by atoms with van der Waals surface area (Å²) in [7, 11) is 0. The summed E-state index contributed by atoms with van der Waals surface area (Å²) in [4.78, 5) is 9.11. The highest BCUT2D eigenvalue weighted by molar-refractivity contribution is 6.30. The van der Waals surface area contributed by atoms with Crippen molar-refractivity contribution in [1.82, 2.24) is 9.97 Å². The third-order valence-electron chi connectivity index (χ3n) is 4.36. The van der Waals surface area contributed by atoms with Gasteiger partial charge in [-0.1, -0.05) is 62.7 Å². The molecule has 0 aliphatic carbocycles. The second-order valence-corrected chi connectivity index (χ2v) is 7.92. The van der Waals surface area contributed by atoms with Crippen LogP contribution in [0.15, 0.2) is 65.3 Å². The zero-order valence-electron chi connectivity index (χ0n) is 15.5. The van der Waals surface area contributed by atoms with Crippen molar-refractivity contribution in [2.24, 2.45) is 0 Å². The average molecular weight is 378 g/mol. The first-order chi connectivity index (χ1) is 12.9. The van der Waals surface area contributed by atoms with Crippen LogP contribution in [0.3, 0.4) is 0 Å². The highest BCUT2D eigenvalue weighted by Gasteiger charge is 2.21. The van der Waals surface area contributed by atoms with Gasteiger partial charge >= 0.3 is 0 Å². The summed E-state index contributed by atoms with van der Waals surface area (Å²) in [5.41, 5.74) is 1.67. The lowest BCUT2D eigenvalue weighted by atomic mass is 9.94. The van der Waals surface area contributed by atoms with Crippen molar-refractivity contribution in [2.75, 3.05) is 5.32 Å². The van der Waals surface area contributed by atoms with Gasteiger partial charge in [0.25, 0.3) is 0 Å². The molecule has 0 saturated carbocycles. The van der Waals surface area contributed by atoms with Crippen molar-refractivity contribution < 1.29 is 4.42 Å². The molecule has 0 bridgehead atoms. The number of nitrogens with one attached hydrogen (secondary N) is 1. The molecule has 2 aromatic carbocycles. The summed E-state index contributed by atoms with van der Waals surface area (Å²) >= 11 is 6.09. The normalized spacial score (nSPS) is 11.7. The van der Waals surface area contributed by atoms with Gasteiger partial charge in [0, 0.05) is 27.7 Å². The first-order valence-corrected chi connectivity index (χ1v) is 9.16. The summed E-state index contributed by atoms with van der Waals surface area (Å²) in [6.45, 7) is 6.31. The minimum Gasteiger partial charge on any atom is -0.441 e. The first kappa shape index (κ1) is 17.6. The molecule has 0 aliphatic heterocycles. The van der Waals surface area contributed by atoms with Crippen molar-refractivity contribution >= 4 is 33.9 Å². The maximum absolute atomic E-state index is 6.09. The van der Waals surface area contributed by atoms with Crippen molar-refractivity contribution in [3.8, 4) is 11.5 Å². The minimum absolute atomic E-state index is 0.0947. The van der Waals surface area contributed by atoms with E-state index in [0.29, 0.717) is 10.9 Å². The number of rotatable bonds is 3. The van der Waals surface area contributed by atoms with E-state index < -0.39 is 0 Å². The highest BCUT2D eigenvalue weighted by Crippen LogP contribution is 2.34. The number of hydrogen-bond acceptors (Lipinski definition) is 4. The van der Waals surface area contributed by atoms with E-state index in [0.717, 1.165) is 33.6 Å². The number of aromatic nitrogens is 2. The molecule has 0 atom stereocenters. The Balaban J connectivity index is 1.80. The molecular weight excluding hydrogens is 358 g/mol. The molecule has 5 heteroatoms. The molecule has 1 N–H and O–H groups in total. The Hall–Kier alpha value is -2.85. The van der Waals surface area contributed by atoms with Crippen molar-refractivity contribution in [1.29, 1.82) is 0 Å². The third-order valence-corrected chi connectivity index (χ3v) is 4.59. The Morgan fingerprint density at radius 3 is 2.41 bits per heavy atom. The third kappa shape index (κ3) is 3.53. The van der Waals surface area contributed by atoms with E-state index in [4.69, 9.17) is 16.0 Å². The number of fused-ring (bicyclic) bond motifs is 1. The molecular formula is C22H20ClN3O. The van der Waals surface area contributed by atoms with Gasteiger partial charge in [0.05, 0.1) is 11.8 Å². The van der Waals surface area contributed by atoms with E-state index in [1.165, 1.54) is 0 Å². The lowest BCUT2D eigenvalue weighted by molar-refractivity contribution is 0.416. The van der Waals surface area contributed by atoms with Crippen LogP contribution >= 0.6 is 11.6 Å². The van der Waals surface area contributed by atoms with Crippen LogP contribution in [0.1, 0.15) is 26.5 Å². The predicted octanol–water partition coefficient (Wildman–Crippen LogP) is 6.58. The molecule has 4 aromatic rings. The summed E-state index contributed by atoms with van der Waals surface area (Å²) in [6.07, 6.45) is 3.59. The molecule has 0 unspecified atom stereocenters. The van der Waals surface area contributed by atoms with Gasteiger partial charge in [-0.2, -0.15) is 0 Å². The van der Waals surface area contributed by atoms with Crippen LogP contribution in [0.25, 0.3) is 22.2 Å². The number of oxazole rings is 1. The van der Waals surface area contributed by atoms with Gasteiger partial charge < -0.3 is 9.73 Å². The van der Waals surface area contributed by atoms with E-state index in [2.05, 4.69) is 42.1 Å². The van der Waals surface area contributed by atoms with Gasteiger partial charge in [-0.15, -0.1) is 0 Å². The number of hydrogen-bond donors (Lipinski definition) is 1. The predicted molar refractivity (Wildman–Crippen MR) is 111 cm³/mol. The number of benzene rings is 2. The number of nitrogens with zero attached hydrogens (tertiary/aromatic N) is 2. The molecule has 0 amide bonds. The molecule has 4 rings (SSSR count). The fourth-order valence-corrected chi connectivity index (χ4v) is 3.10. The lowest BCUT2D eigenvalue weighted by Crippen LogP contribution is -2.09. The molecule has 0 saturated heterocycles. The fraction of sp³-hybridized carbons (Fsp3) is 0.182. The largest absolute Gasteiger partial charge is 0.441 e. The maximum Gasteiger partial charge on any atom is 0.228 e. The number of pyridine rings is 1. The quantitative estimate of drug-likeness (QED) is 0.437. The maximum atomic E-state index is 6.09. The van der Waals surface area contributed by atoms with Crippen LogP contribution in [0.4, 0.5) is 11.5 Å². The lowest BCUT2D eigenvalue weighted by Gasteiger charge is -2.13. The van der Waals surface area contributed by atoms with Crippen LogP contribution in [-0.4, -0.2) is 9.97 Å². The Bertz CT molecular complexity index is 1110. The van der Waals surface area contributed by atoms with Crippen LogP contribution in [0.5, 0.6) is 0 Å². The standard InChI is InChI=1S/C22H20ClN3O/c1-22(2,3)19-13-25-21(27-19)18-12-24-20(17-10-5-4-9-16(17)18)26-15-8-6-7-14(23)11-15/h4-13H,1-3H3,(H,24,26). The number of anilines is 2. The average Bonchev–Trinajstić information content (AvgIpc) is 3.12. The molecule has 0 aliphatic rings. The Labute approximate surface area is 163 Å². The van der Waals surface area contributed by atoms with E-state index in [-0.39, 0.29) is 5.41 Å². The molecule has 0 fully saturated rings. The highest BCUT2D eigenvalue weighted by atomic mass is 35.5. The van der Waals surface area contributed by atoms with Gasteiger partial charge in [0.15, 0.2) is 0 Å². The van der Waals surface area contributed by atoms with Crippen LogP contribution in [0.2, 0.25) is 5.02 Å². The molecule has 2 heterocycles. The van der Waals surface area contributed by atoms with Crippen molar-refractivity contribution in [3.63, 3.8) is 0 Å². The van der Waals surface area contributed by atoms with E-state index in [9.17, 15) is 0 Å². The Kier molecular flexibility index (Phi) is 4.36. The zero-order valence-corrected chi connectivity index (χ0v) is 16.2. The molecule has 0 spiro atoms. The summed E-state index contributed by atoms with van der Waals surface area (Å²) < 4.78 is 6.03. The van der Waals surface area contributed by atoms with Gasteiger partial charge in [0.1, 0.15) is 11.6 Å². The van der Waals surface area contributed by atoms with E-state index >= 15 is 0 Å². The summed E-state index contributed by atoms with van der Waals surface area (Å²) in [5.74, 6) is 2.19. The van der Waals surface area contributed by atoms with Gasteiger partial charge in [-0.3, -0.25) is 0 Å². The Morgan fingerprint density at radius 2 is 1.70 bits per heavy atom. The second-order valence-electron chi connectivity index (χ2n) is 7.48. The molecule has 4 nitrogen and oxygen atoms in total. The van der Waals surface area contributed by atoms with Gasteiger partial charge in [-0.25, -0.2) is 9.97 Å². The van der Waals surface area contributed by atoms with E-state index in [1.807, 2.05) is 42.5 Å². The van der Waals surface area contributed by atoms with Crippen molar-refractivity contribution in [3.05, 3.63) is 71.7 Å². The second kappa shape index (κ2) is 6.71. The monoisotopic (exact) mass is 377 g/mol. The number of halogens is 1. The SMILES string of the molecule is CC(C)(C)c1cnc(-c2cnc(Nc3cccc(Cl)c3)c3ccccc23)o1. The molecule has 136 valence electrons. The summed E-state index contributed by atoms with van der Waals surface area (Å²) in [5, 5.41) is 6.04. The first-order valence-electron chi connectivity index (χ1n) is 8.79. The van der Waals surface area contributed by atoms with Crippen LogP contribution in [-0.2, 0) is 5.41 Å². The molecule has 0 radical (unpaired) electrons. The zero-order chi connectivity index (χ0) is 19.0. The van der Waals surface area contributed by atoms with Crippen LogP contribution < -0.4 is 5.32 Å². The molecule has 27 heavy (non-hydrogen) atoms. The minimum atomic E-state index is -0.0947. The molecule has 2 aromatic heterocycles.